The molecule has 1 aromatic carbocycles. The average molecular weight is 346 g/mol. The molecule has 0 bridgehead atoms. The second kappa shape index (κ2) is 5.22. The largest absolute Gasteiger partial charge is 0.385 e. The SMILES string of the molecule is CCS(=O)(=O)[C@](Cl)(Br)[C@@H](O)c1cccc(F)c1. The third-order valence-corrected chi connectivity index (χ3v) is 6.92. The molecule has 0 radical (unpaired) electrons. The van der Waals surface area contributed by atoms with Gasteiger partial charge >= 0.3 is 0 Å². The fourth-order valence-electron chi connectivity index (χ4n) is 1.23. The van der Waals surface area contributed by atoms with E-state index in [0.29, 0.717) is 0 Å². The molecule has 17 heavy (non-hydrogen) atoms. The molecule has 0 aliphatic rings. The Morgan fingerprint density at radius 2 is 2.18 bits per heavy atom. The zero-order valence-corrected chi connectivity index (χ0v) is 12.1. The molecule has 7 heteroatoms. The number of halogens is 3. The summed E-state index contributed by atoms with van der Waals surface area (Å²) in [6.45, 7) is 1.41. The maximum Gasteiger partial charge on any atom is 0.229 e. The lowest BCUT2D eigenvalue weighted by Crippen LogP contribution is -2.34. The number of rotatable bonds is 4. The van der Waals surface area contributed by atoms with Crippen molar-refractivity contribution in [3.63, 3.8) is 0 Å². The molecule has 1 aromatic rings. The van der Waals surface area contributed by atoms with E-state index in [1.165, 1.54) is 25.1 Å². The third kappa shape index (κ3) is 2.99. The van der Waals surface area contributed by atoms with Crippen LogP contribution in [0.25, 0.3) is 0 Å². The molecule has 0 saturated carbocycles. The predicted octanol–water partition coefficient (Wildman–Crippen LogP) is 2.58. The molecule has 3 nitrogen and oxygen atoms in total. The Kier molecular flexibility index (Phi) is 4.57. The number of hydrogen-bond acceptors (Lipinski definition) is 3. The number of hydrogen-bond donors (Lipinski definition) is 1. The van der Waals surface area contributed by atoms with Gasteiger partial charge in [0.05, 0.1) is 5.75 Å². The Bertz CT molecular complexity index is 504. The fourth-order valence-corrected chi connectivity index (χ4v) is 3.50. The van der Waals surface area contributed by atoms with Crippen LogP contribution >= 0.6 is 27.5 Å². The highest BCUT2D eigenvalue weighted by Gasteiger charge is 2.45. The summed E-state index contributed by atoms with van der Waals surface area (Å²) in [5, 5.41) is 9.91. The molecule has 0 amide bonds. The van der Waals surface area contributed by atoms with Crippen LogP contribution in [0.5, 0.6) is 0 Å². The van der Waals surface area contributed by atoms with Crippen molar-refractivity contribution in [2.45, 2.75) is 16.1 Å². The van der Waals surface area contributed by atoms with E-state index in [1.807, 2.05) is 0 Å². The molecule has 0 saturated heterocycles. The lowest BCUT2D eigenvalue weighted by atomic mass is 10.1. The van der Waals surface area contributed by atoms with E-state index in [4.69, 9.17) is 11.6 Å². The van der Waals surface area contributed by atoms with E-state index in [1.54, 1.807) is 0 Å². The molecular weight excluding hydrogens is 335 g/mol. The highest BCUT2D eigenvalue weighted by atomic mass is 79.9. The molecule has 0 aliphatic carbocycles. The van der Waals surface area contributed by atoms with Gasteiger partial charge in [-0.05, 0) is 33.6 Å². The van der Waals surface area contributed by atoms with Crippen molar-refractivity contribution in [1.82, 2.24) is 0 Å². The van der Waals surface area contributed by atoms with E-state index < -0.39 is 24.9 Å². The Morgan fingerprint density at radius 3 is 2.65 bits per heavy atom. The molecular formula is C10H11BrClFO3S. The highest BCUT2D eigenvalue weighted by Crippen LogP contribution is 2.42. The van der Waals surface area contributed by atoms with Crippen molar-refractivity contribution in [1.29, 1.82) is 0 Å². The molecule has 0 unspecified atom stereocenters. The van der Waals surface area contributed by atoms with Gasteiger partial charge in [0, 0.05) is 0 Å². The van der Waals surface area contributed by atoms with Crippen LogP contribution in [0.15, 0.2) is 24.3 Å². The normalized spacial score (nSPS) is 17.5. The minimum atomic E-state index is -3.75. The lowest BCUT2D eigenvalue weighted by Gasteiger charge is -2.25. The topological polar surface area (TPSA) is 54.4 Å². The van der Waals surface area contributed by atoms with Crippen LogP contribution in [0.3, 0.4) is 0 Å². The van der Waals surface area contributed by atoms with Gasteiger partial charge < -0.3 is 5.11 Å². The van der Waals surface area contributed by atoms with Gasteiger partial charge in [-0.15, -0.1) is 0 Å². The van der Waals surface area contributed by atoms with Crippen LogP contribution < -0.4 is 0 Å². The number of sulfone groups is 1. The van der Waals surface area contributed by atoms with E-state index in [2.05, 4.69) is 15.9 Å². The molecule has 0 aliphatic heterocycles. The second-order valence-corrected chi connectivity index (χ2v) is 8.93. The summed E-state index contributed by atoms with van der Waals surface area (Å²) < 4.78 is 34.3. The summed E-state index contributed by atoms with van der Waals surface area (Å²) in [7, 11) is -3.75. The Labute approximate surface area is 113 Å². The van der Waals surface area contributed by atoms with Gasteiger partial charge in [0.2, 0.25) is 3.12 Å². The number of aliphatic hydroxyl groups is 1. The molecule has 96 valence electrons. The summed E-state index contributed by atoms with van der Waals surface area (Å²) in [6, 6.07) is 4.99. The number of aliphatic hydroxyl groups excluding tert-OH is 1. The molecule has 1 rings (SSSR count). The average Bonchev–Trinajstić information content (AvgIpc) is 2.27. The van der Waals surface area contributed by atoms with E-state index in [0.717, 1.165) is 6.07 Å². The number of benzene rings is 1. The summed E-state index contributed by atoms with van der Waals surface area (Å²) in [4.78, 5) is 0. The Hall–Kier alpha value is -0.170. The first kappa shape index (κ1) is 14.9. The molecule has 0 fully saturated rings. The first-order chi connectivity index (χ1) is 7.72. The van der Waals surface area contributed by atoms with Crippen LogP contribution in [-0.4, -0.2) is 22.4 Å². The van der Waals surface area contributed by atoms with Crippen LogP contribution in [0.1, 0.15) is 18.6 Å². The Morgan fingerprint density at radius 1 is 1.59 bits per heavy atom. The summed E-state index contributed by atoms with van der Waals surface area (Å²) in [5.41, 5.74) is 0.0916. The van der Waals surface area contributed by atoms with Crippen LogP contribution in [0, 0.1) is 5.82 Å². The standard InChI is InChI=1S/C10H11BrClFO3S/c1-2-17(15,16)10(11,12)9(14)7-4-3-5-8(13)6-7/h3-6,9,14H,2H2,1H3/t9-,10-/m0/s1. The van der Waals surface area contributed by atoms with Gasteiger partial charge in [-0.2, -0.15) is 0 Å². The molecule has 2 atom stereocenters. The quantitative estimate of drug-likeness (QED) is 0.853. The van der Waals surface area contributed by atoms with Gasteiger partial charge in [0.25, 0.3) is 0 Å². The highest BCUT2D eigenvalue weighted by molar-refractivity contribution is 9.12. The fraction of sp³-hybridized carbons (Fsp3) is 0.400. The first-order valence-corrected chi connectivity index (χ1v) is 7.58. The molecule has 0 spiro atoms. The van der Waals surface area contributed by atoms with E-state index in [9.17, 15) is 17.9 Å². The summed E-state index contributed by atoms with van der Waals surface area (Å²) >= 11 is 8.62. The van der Waals surface area contributed by atoms with E-state index >= 15 is 0 Å². The third-order valence-electron chi connectivity index (χ3n) is 2.28. The van der Waals surface area contributed by atoms with Crippen molar-refractivity contribution in [2.75, 3.05) is 5.75 Å². The van der Waals surface area contributed by atoms with E-state index in [-0.39, 0.29) is 11.3 Å². The molecule has 1 N–H and O–H groups in total. The summed E-state index contributed by atoms with van der Waals surface area (Å²) in [6.07, 6.45) is -1.56. The monoisotopic (exact) mass is 344 g/mol. The minimum Gasteiger partial charge on any atom is -0.385 e. The van der Waals surface area contributed by atoms with Gasteiger partial charge in [-0.25, -0.2) is 12.8 Å². The van der Waals surface area contributed by atoms with Crippen LogP contribution in [-0.2, 0) is 9.84 Å². The van der Waals surface area contributed by atoms with Crippen molar-refractivity contribution in [3.05, 3.63) is 35.6 Å². The van der Waals surface area contributed by atoms with Gasteiger partial charge in [0.15, 0.2) is 9.84 Å². The van der Waals surface area contributed by atoms with Crippen LogP contribution in [0.4, 0.5) is 4.39 Å². The van der Waals surface area contributed by atoms with Gasteiger partial charge in [0.1, 0.15) is 11.9 Å². The maximum atomic E-state index is 13.0. The first-order valence-electron chi connectivity index (χ1n) is 4.76. The molecule has 0 heterocycles. The minimum absolute atomic E-state index is 0.0916. The van der Waals surface area contributed by atoms with Crippen molar-refractivity contribution < 1.29 is 17.9 Å². The van der Waals surface area contributed by atoms with Gasteiger partial charge in [-0.1, -0.05) is 30.7 Å². The zero-order valence-electron chi connectivity index (χ0n) is 8.90. The lowest BCUT2D eigenvalue weighted by molar-refractivity contribution is 0.184. The van der Waals surface area contributed by atoms with Crippen molar-refractivity contribution in [2.24, 2.45) is 0 Å². The zero-order chi connectivity index (χ0) is 13.3. The Balaban J connectivity index is 3.17. The smallest absolute Gasteiger partial charge is 0.229 e. The summed E-state index contributed by atoms with van der Waals surface area (Å²) in [5.74, 6) is -0.816. The maximum absolute atomic E-state index is 13.0. The number of alkyl halides is 2. The van der Waals surface area contributed by atoms with Crippen molar-refractivity contribution in [3.8, 4) is 0 Å². The second-order valence-electron chi connectivity index (χ2n) is 3.42. The van der Waals surface area contributed by atoms with Gasteiger partial charge in [-0.3, -0.25) is 0 Å². The predicted molar refractivity (Wildman–Crippen MR) is 68.3 cm³/mol. The molecule has 0 aromatic heterocycles. The van der Waals surface area contributed by atoms with Crippen molar-refractivity contribution >= 4 is 37.4 Å². The van der Waals surface area contributed by atoms with Crippen LogP contribution in [0.2, 0.25) is 0 Å².